The maximum atomic E-state index is 13.2. The fraction of sp³-hybridized carbons (Fsp3) is 0.320. The van der Waals surface area contributed by atoms with Gasteiger partial charge in [0.2, 0.25) is 0 Å². The highest BCUT2D eigenvalue weighted by atomic mass is 16.5. The van der Waals surface area contributed by atoms with Crippen LogP contribution in [0.15, 0.2) is 65.9 Å². The lowest BCUT2D eigenvalue weighted by atomic mass is 9.93. The minimum atomic E-state index is -0.710. The van der Waals surface area contributed by atoms with Gasteiger partial charge in [-0.05, 0) is 36.1 Å². The molecule has 2 aromatic carbocycles. The lowest BCUT2D eigenvalue weighted by Gasteiger charge is -2.27. The van der Waals surface area contributed by atoms with Crippen molar-refractivity contribution < 1.29 is 24.2 Å². The Morgan fingerprint density at radius 2 is 1.84 bits per heavy atom. The van der Waals surface area contributed by atoms with Crippen molar-refractivity contribution >= 4 is 17.7 Å². The van der Waals surface area contributed by atoms with Gasteiger partial charge in [0.05, 0.1) is 11.6 Å². The Balaban J connectivity index is 1.93. The average Bonchev–Trinajstić information content (AvgIpc) is 3.01. The number of rotatable bonds is 9. The number of hydrogen-bond acceptors (Lipinski definition) is 5. The SMILES string of the molecule is CCCCN1C(=O)C(O)=C(C(=O)CCc2ccccc2)C1c1cccc(OC(C)=O)c1. The summed E-state index contributed by atoms with van der Waals surface area (Å²) in [6.45, 7) is 3.73. The largest absolute Gasteiger partial charge is 0.503 e. The molecule has 6 nitrogen and oxygen atoms in total. The van der Waals surface area contributed by atoms with Crippen LogP contribution in [-0.2, 0) is 20.8 Å². The number of hydrogen-bond donors (Lipinski definition) is 1. The van der Waals surface area contributed by atoms with Crippen LogP contribution in [0.4, 0.5) is 0 Å². The molecular weight excluding hydrogens is 394 g/mol. The van der Waals surface area contributed by atoms with Crippen molar-refractivity contribution in [3.05, 3.63) is 77.1 Å². The lowest BCUT2D eigenvalue weighted by Crippen LogP contribution is -2.32. The number of benzene rings is 2. The zero-order chi connectivity index (χ0) is 22.4. The molecule has 3 rings (SSSR count). The minimum Gasteiger partial charge on any atom is -0.503 e. The third-order valence-electron chi connectivity index (χ3n) is 5.28. The van der Waals surface area contributed by atoms with Gasteiger partial charge in [0.25, 0.3) is 5.91 Å². The van der Waals surface area contributed by atoms with Crippen molar-refractivity contribution in [1.29, 1.82) is 0 Å². The highest BCUT2D eigenvalue weighted by Gasteiger charge is 2.42. The van der Waals surface area contributed by atoms with E-state index >= 15 is 0 Å². The molecule has 1 amide bonds. The third kappa shape index (κ3) is 5.20. The molecule has 1 heterocycles. The molecule has 0 spiro atoms. The molecule has 0 fully saturated rings. The van der Waals surface area contributed by atoms with E-state index in [9.17, 15) is 19.5 Å². The second-order valence-corrected chi connectivity index (χ2v) is 7.59. The number of amides is 1. The van der Waals surface area contributed by atoms with Crippen molar-refractivity contribution in [3.8, 4) is 5.75 Å². The van der Waals surface area contributed by atoms with Gasteiger partial charge in [-0.25, -0.2) is 0 Å². The highest BCUT2D eigenvalue weighted by Crippen LogP contribution is 2.39. The molecule has 0 aliphatic carbocycles. The van der Waals surface area contributed by atoms with Gasteiger partial charge in [-0.1, -0.05) is 55.8 Å². The first kappa shape index (κ1) is 22.3. The summed E-state index contributed by atoms with van der Waals surface area (Å²) in [6, 6.07) is 15.6. The second kappa shape index (κ2) is 10.1. The van der Waals surface area contributed by atoms with E-state index < -0.39 is 23.7 Å². The van der Waals surface area contributed by atoms with Gasteiger partial charge in [0.1, 0.15) is 5.75 Å². The first-order chi connectivity index (χ1) is 14.9. The number of esters is 1. The first-order valence-electron chi connectivity index (χ1n) is 10.5. The predicted octanol–water partition coefficient (Wildman–Crippen LogP) is 4.31. The molecule has 1 atom stereocenters. The number of ether oxygens (including phenoxy) is 1. The summed E-state index contributed by atoms with van der Waals surface area (Å²) in [5.74, 6) is -1.43. The summed E-state index contributed by atoms with van der Waals surface area (Å²) in [4.78, 5) is 38.9. The van der Waals surface area contributed by atoms with E-state index in [4.69, 9.17) is 4.74 Å². The van der Waals surface area contributed by atoms with Crippen molar-refractivity contribution in [2.45, 2.75) is 45.6 Å². The second-order valence-electron chi connectivity index (χ2n) is 7.59. The summed E-state index contributed by atoms with van der Waals surface area (Å²) in [5, 5.41) is 10.6. The number of unbranched alkanes of at least 4 members (excludes halogenated alkanes) is 1. The molecule has 1 N–H and O–H groups in total. The van der Waals surface area contributed by atoms with Crippen LogP contribution in [-0.4, -0.2) is 34.2 Å². The number of ketones is 1. The maximum Gasteiger partial charge on any atom is 0.308 e. The number of aliphatic hydroxyl groups is 1. The van der Waals surface area contributed by atoms with Crippen LogP contribution in [0.3, 0.4) is 0 Å². The van der Waals surface area contributed by atoms with E-state index in [1.165, 1.54) is 11.8 Å². The molecule has 0 aromatic heterocycles. The van der Waals surface area contributed by atoms with Crippen molar-refractivity contribution in [1.82, 2.24) is 4.90 Å². The third-order valence-corrected chi connectivity index (χ3v) is 5.28. The maximum absolute atomic E-state index is 13.2. The van der Waals surface area contributed by atoms with Gasteiger partial charge in [-0.15, -0.1) is 0 Å². The van der Waals surface area contributed by atoms with E-state index in [1.807, 2.05) is 37.3 Å². The molecular formula is C25H27NO5. The fourth-order valence-corrected chi connectivity index (χ4v) is 3.80. The number of Topliss-reactive ketones (excluding diaryl/α,β-unsaturated/α-hetero) is 1. The number of aliphatic hydroxyl groups excluding tert-OH is 1. The van der Waals surface area contributed by atoms with Crippen LogP contribution in [0.5, 0.6) is 5.75 Å². The normalized spacial score (nSPS) is 16.0. The molecule has 0 saturated carbocycles. The fourth-order valence-electron chi connectivity index (χ4n) is 3.80. The monoisotopic (exact) mass is 421 g/mol. The topological polar surface area (TPSA) is 83.9 Å². The summed E-state index contributed by atoms with van der Waals surface area (Å²) >= 11 is 0. The number of carbonyl (C=O) groups is 3. The Morgan fingerprint density at radius 3 is 2.52 bits per heavy atom. The van der Waals surface area contributed by atoms with Crippen LogP contribution in [0.25, 0.3) is 0 Å². The van der Waals surface area contributed by atoms with Crippen LogP contribution in [0.1, 0.15) is 50.3 Å². The van der Waals surface area contributed by atoms with E-state index in [2.05, 4.69) is 0 Å². The van der Waals surface area contributed by atoms with Gasteiger partial charge >= 0.3 is 5.97 Å². The number of nitrogens with zero attached hydrogens (tertiary/aromatic N) is 1. The standard InChI is InChI=1S/C25H27NO5/c1-3-4-15-26-23(19-11-8-12-20(16-19)31-17(2)27)22(24(29)25(26)30)21(28)14-13-18-9-6-5-7-10-18/h5-12,16,23,29H,3-4,13-15H2,1-2H3. The Morgan fingerprint density at radius 1 is 1.10 bits per heavy atom. The van der Waals surface area contributed by atoms with Crippen LogP contribution in [0, 0.1) is 0 Å². The summed E-state index contributed by atoms with van der Waals surface area (Å²) in [7, 11) is 0. The van der Waals surface area contributed by atoms with E-state index in [-0.39, 0.29) is 17.8 Å². The molecule has 162 valence electrons. The van der Waals surface area contributed by atoms with E-state index in [0.717, 1.165) is 18.4 Å². The molecule has 0 bridgehead atoms. The molecule has 1 aliphatic rings. The molecule has 0 saturated heterocycles. The molecule has 31 heavy (non-hydrogen) atoms. The summed E-state index contributed by atoms with van der Waals surface area (Å²) in [6.07, 6.45) is 2.30. The number of aryl methyl sites for hydroxylation is 1. The van der Waals surface area contributed by atoms with Gasteiger partial charge in [-0.3, -0.25) is 14.4 Å². The van der Waals surface area contributed by atoms with Gasteiger partial charge in [0.15, 0.2) is 11.5 Å². The van der Waals surface area contributed by atoms with Gasteiger partial charge in [-0.2, -0.15) is 0 Å². The van der Waals surface area contributed by atoms with E-state index in [1.54, 1.807) is 24.3 Å². The Kier molecular flexibility index (Phi) is 7.23. The summed E-state index contributed by atoms with van der Waals surface area (Å²) < 4.78 is 5.18. The highest BCUT2D eigenvalue weighted by molar-refractivity contribution is 6.09. The van der Waals surface area contributed by atoms with Crippen LogP contribution in [0.2, 0.25) is 0 Å². The van der Waals surface area contributed by atoms with Crippen molar-refractivity contribution in [2.75, 3.05) is 6.54 Å². The average molecular weight is 421 g/mol. The smallest absolute Gasteiger partial charge is 0.308 e. The summed E-state index contributed by atoms with van der Waals surface area (Å²) in [5.41, 5.74) is 1.74. The Labute approximate surface area is 182 Å². The molecule has 6 heteroatoms. The van der Waals surface area contributed by atoms with Gasteiger partial charge in [0, 0.05) is 19.9 Å². The molecule has 0 radical (unpaired) electrons. The van der Waals surface area contributed by atoms with E-state index in [0.29, 0.717) is 24.3 Å². The van der Waals surface area contributed by atoms with Crippen LogP contribution >= 0.6 is 0 Å². The number of carbonyl (C=O) groups excluding carboxylic acids is 3. The van der Waals surface area contributed by atoms with Crippen molar-refractivity contribution in [3.63, 3.8) is 0 Å². The van der Waals surface area contributed by atoms with Crippen molar-refractivity contribution in [2.24, 2.45) is 0 Å². The Hall–Kier alpha value is -3.41. The Bertz CT molecular complexity index is 996. The first-order valence-corrected chi connectivity index (χ1v) is 10.5. The molecule has 1 unspecified atom stereocenters. The van der Waals surface area contributed by atoms with Crippen LogP contribution < -0.4 is 4.74 Å². The quantitative estimate of drug-likeness (QED) is 0.482. The zero-order valence-electron chi connectivity index (χ0n) is 17.8. The predicted molar refractivity (Wildman–Crippen MR) is 117 cm³/mol. The molecule has 2 aromatic rings. The lowest BCUT2D eigenvalue weighted by molar-refractivity contribution is -0.132. The zero-order valence-corrected chi connectivity index (χ0v) is 17.8. The van der Waals surface area contributed by atoms with Gasteiger partial charge < -0.3 is 14.7 Å². The molecule has 1 aliphatic heterocycles. The minimum absolute atomic E-state index is 0.108.